The van der Waals surface area contributed by atoms with Gasteiger partial charge in [0.1, 0.15) is 5.82 Å². The first-order valence-corrected chi connectivity index (χ1v) is 10.2. The van der Waals surface area contributed by atoms with Crippen LogP contribution in [-0.2, 0) is 19.6 Å². The van der Waals surface area contributed by atoms with Crippen molar-refractivity contribution in [2.75, 3.05) is 6.54 Å². The van der Waals surface area contributed by atoms with Crippen LogP contribution < -0.4 is 0 Å². The van der Waals surface area contributed by atoms with Crippen molar-refractivity contribution in [3.8, 4) is 0 Å². The molecule has 0 aliphatic rings. The third-order valence-electron chi connectivity index (χ3n) is 5.23. The monoisotopic (exact) mass is 378 g/mol. The normalized spacial score (nSPS) is 11.5. The number of aromatic nitrogens is 1. The van der Waals surface area contributed by atoms with Gasteiger partial charge in [0.15, 0.2) is 0 Å². The molecule has 0 atom stereocenters. The molecule has 0 saturated heterocycles. The zero-order valence-corrected chi connectivity index (χ0v) is 17.2. The fraction of sp³-hybridized carbons (Fsp3) is 0.360. The fourth-order valence-electron chi connectivity index (χ4n) is 3.50. The summed E-state index contributed by atoms with van der Waals surface area (Å²) in [5, 5.41) is 0. The van der Waals surface area contributed by atoms with Gasteiger partial charge in [-0.2, -0.15) is 0 Å². The lowest BCUT2D eigenvalue weighted by Gasteiger charge is -2.24. The van der Waals surface area contributed by atoms with Gasteiger partial charge in [0, 0.05) is 31.5 Å². The zero-order valence-electron chi connectivity index (χ0n) is 17.2. The summed E-state index contributed by atoms with van der Waals surface area (Å²) < 4.78 is 16.0. The van der Waals surface area contributed by atoms with Crippen LogP contribution in [0.2, 0.25) is 0 Å². The minimum atomic E-state index is -0.163. The number of nitrogens with zero attached hydrogens (tertiary/aromatic N) is 2. The summed E-state index contributed by atoms with van der Waals surface area (Å²) in [6.07, 6.45) is 3.29. The molecule has 1 heterocycles. The van der Waals surface area contributed by atoms with E-state index in [4.69, 9.17) is 0 Å². The van der Waals surface area contributed by atoms with Crippen molar-refractivity contribution in [3.05, 3.63) is 95.1 Å². The summed E-state index contributed by atoms with van der Waals surface area (Å²) >= 11 is 0. The maximum absolute atomic E-state index is 13.6. The van der Waals surface area contributed by atoms with Crippen LogP contribution in [0.4, 0.5) is 4.39 Å². The van der Waals surface area contributed by atoms with E-state index in [9.17, 15) is 4.39 Å². The Morgan fingerprint density at radius 2 is 1.79 bits per heavy atom. The highest BCUT2D eigenvalue weighted by Crippen LogP contribution is 2.16. The van der Waals surface area contributed by atoms with Crippen LogP contribution in [0.15, 0.2) is 66.9 Å². The highest BCUT2D eigenvalue weighted by atomic mass is 19.1. The van der Waals surface area contributed by atoms with Crippen LogP contribution in [0.5, 0.6) is 0 Å². The third kappa shape index (κ3) is 5.80. The van der Waals surface area contributed by atoms with Crippen molar-refractivity contribution in [1.82, 2.24) is 9.47 Å². The molecular weight excluding hydrogens is 347 g/mol. The Morgan fingerprint density at radius 3 is 2.54 bits per heavy atom. The third-order valence-corrected chi connectivity index (χ3v) is 5.23. The number of aryl methyl sites for hydroxylation is 1. The Morgan fingerprint density at radius 1 is 0.964 bits per heavy atom. The van der Waals surface area contributed by atoms with Crippen LogP contribution in [0.25, 0.3) is 0 Å². The minimum Gasteiger partial charge on any atom is -0.346 e. The molecule has 3 rings (SSSR count). The number of halogens is 1. The van der Waals surface area contributed by atoms with Crippen molar-refractivity contribution < 1.29 is 4.39 Å². The van der Waals surface area contributed by atoms with E-state index in [1.165, 1.54) is 22.9 Å². The summed E-state index contributed by atoms with van der Waals surface area (Å²) in [7, 11) is 0. The molecular formula is C25H31FN2. The molecule has 0 saturated carbocycles. The van der Waals surface area contributed by atoms with Gasteiger partial charge in [0.05, 0.1) is 0 Å². The first-order chi connectivity index (χ1) is 13.5. The first kappa shape index (κ1) is 20.3. The lowest BCUT2D eigenvalue weighted by Crippen LogP contribution is -2.26. The lowest BCUT2D eigenvalue weighted by atomic mass is 10.1. The summed E-state index contributed by atoms with van der Waals surface area (Å²) in [6.45, 7) is 10.2. The molecule has 0 radical (unpaired) electrons. The second-order valence-electron chi connectivity index (χ2n) is 8.08. The second-order valence-corrected chi connectivity index (χ2v) is 8.08. The topological polar surface area (TPSA) is 8.17 Å². The van der Waals surface area contributed by atoms with Crippen LogP contribution in [0.3, 0.4) is 0 Å². The Labute approximate surface area is 168 Å². The molecule has 0 unspecified atom stereocenters. The molecule has 2 aromatic carbocycles. The number of rotatable bonds is 9. The molecule has 2 nitrogen and oxygen atoms in total. The van der Waals surface area contributed by atoms with E-state index >= 15 is 0 Å². The molecule has 0 N–H and O–H groups in total. The summed E-state index contributed by atoms with van der Waals surface area (Å²) in [5.41, 5.74) is 4.99. The fourth-order valence-corrected chi connectivity index (χ4v) is 3.50. The van der Waals surface area contributed by atoms with Gasteiger partial charge in [-0.05, 0) is 66.8 Å². The SMILES string of the molecule is Cc1ccccc1Cn1cccc1CN(CCC(C)C)Cc1cccc(F)c1. The van der Waals surface area contributed by atoms with Gasteiger partial charge in [-0.3, -0.25) is 4.90 Å². The molecule has 3 aromatic rings. The Kier molecular flexibility index (Phi) is 7.05. The highest BCUT2D eigenvalue weighted by molar-refractivity contribution is 5.26. The van der Waals surface area contributed by atoms with Gasteiger partial charge in [-0.25, -0.2) is 4.39 Å². The van der Waals surface area contributed by atoms with Crippen molar-refractivity contribution >= 4 is 0 Å². The molecule has 0 bridgehead atoms. The van der Waals surface area contributed by atoms with E-state index in [1.807, 2.05) is 6.07 Å². The molecule has 0 aliphatic heterocycles. The largest absolute Gasteiger partial charge is 0.346 e. The molecule has 0 amide bonds. The Balaban J connectivity index is 1.75. The average Bonchev–Trinajstić information content (AvgIpc) is 3.08. The first-order valence-electron chi connectivity index (χ1n) is 10.2. The molecule has 3 heteroatoms. The maximum Gasteiger partial charge on any atom is 0.123 e. The minimum absolute atomic E-state index is 0.163. The number of benzene rings is 2. The van der Waals surface area contributed by atoms with Crippen molar-refractivity contribution in [1.29, 1.82) is 0 Å². The summed E-state index contributed by atoms with van der Waals surface area (Å²) in [4.78, 5) is 2.43. The van der Waals surface area contributed by atoms with E-state index in [-0.39, 0.29) is 5.82 Å². The Hall–Kier alpha value is -2.39. The van der Waals surface area contributed by atoms with Crippen LogP contribution in [0, 0.1) is 18.7 Å². The van der Waals surface area contributed by atoms with Crippen molar-refractivity contribution in [2.24, 2.45) is 5.92 Å². The van der Waals surface area contributed by atoms with Gasteiger partial charge < -0.3 is 4.57 Å². The van der Waals surface area contributed by atoms with Gasteiger partial charge >= 0.3 is 0 Å². The average molecular weight is 379 g/mol. The maximum atomic E-state index is 13.6. The van der Waals surface area contributed by atoms with E-state index in [1.54, 1.807) is 12.1 Å². The second kappa shape index (κ2) is 9.70. The highest BCUT2D eigenvalue weighted by Gasteiger charge is 2.12. The van der Waals surface area contributed by atoms with Crippen LogP contribution in [0.1, 0.15) is 42.7 Å². The number of hydrogen-bond acceptors (Lipinski definition) is 1. The van der Waals surface area contributed by atoms with Gasteiger partial charge in [0.25, 0.3) is 0 Å². The lowest BCUT2D eigenvalue weighted by molar-refractivity contribution is 0.235. The predicted octanol–water partition coefficient (Wildman–Crippen LogP) is 6.03. The van der Waals surface area contributed by atoms with Crippen LogP contribution in [-0.4, -0.2) is 16.0 Å². The van der Waals surface area contributed by atoms with Crippen molar-refractivity contribution in [2.45, 2.75) is 46.8 Å². The molecule has 28 heavy (non-hydrogen) atoms. The molecule has 0 spiro atoms. The van der Waals surface area contributed by atoms with E-state index < -0.39 is 0 Å². The Bertz CT molecular complexity index is 882. The smallest absolute Gasteiger partial charge is 0.123 e. The van der Waals surface area contributed by atoms with Crippen LogP contribution >= 0.6 is 0 Å². The molecule has 148 valence electrons. The zero-order chi connectivity index (χ0) is 19.9. The van der Waals surface area contributed by atoms with Gasteiger partial charge in [-0.15, -0.1) is 0 Å². The van der Waals surface area contributed by atoms with Crippen molar-refractivity contribution in [3.63, 3.8) is 0 Å². The van der Waals surface area contributed by atoms with E-state index in [2.05, 4.69) is 72.8 Å². The van der Waals surface area contributed by atoms with Gasteiger partial charge in [0.2, 0.25) is 0 Å². The molecule has 0 fully saturated rings. The summed E-state index contributed by atoms with van der Waals surface area (Å²) in [5.74, 6) is 0.484. The number of hydrogen-bond donors (Lipinski definition) is 0. The quantitative estimate of drug-likeness (QED) is 0.441. The molecule has 1 aromatic heterocycles. The van der Waals surface area contributed by atoms with E-state index in [0.717, 1.165) is 38.2 Å². The van der Waals surface area contributed by atoms with Gasteiger partial charge in [-0.1, -0.05) is 50.2 Å². The molecule has 0 aliphatic carbocycles. The predicted molar refractivity (Wildman–Crippen MR) is 115 cm³/mol. The van der Waals surface area contributed by atoms with E-state index in [0.29, 0.717) is 5.92 Å². The standard InChI is InChI=1S/C25H31FN2/c1-20(2)13-15-27(17-22-9-6-11-24(26)16-22)19-25-12-7-14-28(25)18-23-10-5-4-8-21(23)3/h4-12,14,16,20H,13,15,17-19H2,1-3H3. The summed E-state index contributed by atoms with van der Waals surface area (Å²) in [6, 6.07) is 19.8.